The van der Waals surface area contributed by atoms with E-state index in [9.17, 15) is 14.4 Å². The van der Waals surface area contributed by atoms with Crippen LogP contribution in [0.15, 0.2) is 30.3 Å². The van der Waals surface area contributed by atoms with Gasteiger partial charge in [0, 0.05) is 12.5 Å². The van der Waals surface area contributed by atoms with Crippen LogP contribution in [0.2, 0.25) is 0 Å². The fourth-order valence-corrected chi connectivity index (χ4v) is 1.29. The SMILES string of the molecule is CC(=O)OC(CC(=O)c1ccccc1)C(=O)O. The summed E-state index contributed by atoms with van der Waals surface area (Å²) in [5, 5.41) is 8.79. The topological polar surface area (TPSA) is 80.7 Å². The molecule has 90 valence electrons. The third-order valence-electron chi connectivity index (χ3n) is 2.05. The van der Waals surface area contributed by atoms with Gasteiger partial charge < -0.3 is 9.84 Å². The lowest BCUT2D eigenvalue weighted by Crippen LogP contribution is -2.28. The quantitative estimate of drug-likeness (QED) is 0.615. The highest BCUT2D eigenvalue weighted by Crippen LogP contribution is 2.08. The van der Waals surface area contributed by atoms with Crippen LogP contribution in [0.1, 0.15) is 23.7 Å². The zero-order valence-corrected chi connectivity index (χ0v) is 9.25. The van der Waals surface area contributed by atoms with Crippen LogP contribution in [0.5, 0.6) is 0 Å². The molecular formula is C12H12O5. The number of ether oxygens (including phenoxy) is 1. The molecule has 1 aromatic rings. The summed E-state index contributed by atoms with van der Waals surface area (Å²) < 4.78 is 4.54. The first-order valence-electron chi connectivity index (χ1n) is 4.99. The minimum Gasteiger partial charge on any atom is -0.478 e. The molecule has 0 radical (unpaired) electrons. The Kier molecular flexibility index (Phi) is 4.39. The summed E-state index contributed by atoms with van der Waals surface area (Å²) in [4.78, 5) is 33.1. The fourth-order valence-electron chi connectivity index (χ4n) is 1.29. The average molecular weight is 236 g/mol. The van der Waals surface area contributed by atoms with Gasteiger partial charge in [-0.3, -0.25) is 9.59 Å². The van der Waals surface area contributed by atoms with Crippen LogP contribution in [-0.4, -0.2) is 28.9 Å². The maximum atomic E-state index is 11.7. The first kappa shape index (κ1) is 12.9. The van der Waals surface area contributed by atoms with Crippen molar-refractivity contribution in [3.8, 4) is 0 Å². The molecule has 0 saturated heterocycles. The van der Waals surface area contributed by atoms with Crippen LogP contribution in [-0.2, 0) is 14.3 Å². The van der Waals surface area contributed by atoms with Crippen molar-refractivity contribution in [2.24, 2.45) is 0 Å². The van der Waals surface area contributed by atoms with Crippen LogP contribution in [0, 0.1) is 0 Å². The number of hydrogen-bond acceptors (Lipinski definition) is 4. The van der Waals surface area contributed by atoms with Crippen molar-refractivity contribution in [2.75, 3.05) is 0 Å². The average Bonchev–Trinajstić information content (AvgIpc) is 2.28. The van der Waals surface area contributed by atoms with E-state index in [4.69, 9.17) is 5.11 Å². The summed E-state index contributed by atoms with van der Waals surface area (Å²) in [7, 11) is 0. The van der Waals surface area contributed by atoms with Crippen LogP contribution in [0.25, 0.3) is 0 Å². The van der Waals surface area contributed by atoms with Crippen LogP contribution in [0.4, 0.5) is 0 Å². The molecule has 0 aromatic heterocycles. The molecule has 1 aromatic carbocycles. The second-order valence-electron chi connectivity index (χ2n) is 3.43. The Labute approximate surface area is 98.0 Å². The maximum absolute atomic E-state index is 11.7. The highest BCUT2D eigenvalue weighted by Gasteiger charge is 2.24. The van der Waals surface area contributed by atoms with Gasteiger partial charge in [-0.25, -0.2) is 4.79 Å². The van der Waals surface area contributed by atoms with E-state index < -0.39 is 18.0 Å². The molecular weight excluding hydrogens is 224 g/mol. The number of ketones is 1. The first-order chi connectivity index (χ1) is 8.00. The zero-order valence-electron chi connectivity index (χ0n) is 9.25. The number of rotatable bonds is 5. The van der Waals surface area contributed by atoms with Crippen molar-refractivity contribution in [1.82, 2.24) is 0 Å². The number of Topliss-reactive ketones (excluding diaryl/α,β-unsaturated/α-hetero) is 1. The van der Waals surface area contributed by atoms with E-state index in [0.29, 0.717) is 5.56 Å². The number of hydrogen-bond donors (Lipinski definition) is 1. The Balaban J connectivity index is 2.71. The summed E-state index contributed by atoms with van der Waals surface area (Å²) in [5.74, 6) is -2.43. The molecule has 17 heavy (non-hydrogen) atoms. The van der Waals surface area contributed by atoms with Gasteiger partial charge in [-0.15, -0.1) is 0 Å². The Morgan fingerprint density at radius 3 is 2.29 bits per heavy atom. The Morgan fingerprint density at radius 2 is 1.82 bits per heavy atom. The molecule has 5 heteroatoms. The Morgan fingerprint density at radius 1 is 1.24 bits per heavy atom. The molecule has 5 nitrogen and oxygen atoms in total. The summed E-state index contributed by atoms with van der Waals surface area (Å²) in [6, 6.07) is 8.26. The molecule has 0 spiro atoms. The predicted octanol–water partition coefficient (Wildman–Crippen LogP) is 1.28. The zero-order chi connectivity index (χ0) is 12.8. The molecule has 1 unspecified atom stereocenters. The van der Waals surface area contributed by atoms with Crippen molar-refractivity contribution in [3.05, 3.63) is 35.9 Å². The number of esters is 1. The lowest BCUT2D eigenvalue weighted by atomic mass is 10.1. The van der Waals surface area contributed by atoms with E-state index in [1.807, 2.05) is 0 Å². The smallest absolute Gasteiger partial charge is 0.345 e. The molecule has 0 aliphatic carbocycles. The molecule has 0 aliphatic rings. The molecule has 0 heterocycles. The summed E-state index contributed by atoms with van der Waals surface area (Å²) >= 11 is 0. The minimum absolute atomic E-state index is 0.362. The van der Waals surface area contributed by atoms with Crippen molar-refractivity contribution >= 4 is 17.7 Å². The number of carboxylic acid groups (broad SMARTS) is 1. The molecule has 0 fully saturated rings. The first-order valence-corrected chi connectivity index (χ1v) is 4.99. The van der Waals surface area contributed by atoms with Gasteiger partial charge >= 0.3 is 11.9 Å². The molecule has 0 bridgehead atoms. The fraction of sp³-hybridized carbons (Fsp3) is 0.250. The lowest BCUT2D eigenvalue weighted by Gasteiger charge is -2.11. The normalized spacial score (nSPS) is 11.6. The number of carbonyl (C=O) groups is 3. The van der Waals surface area contributed by atoms with Crippen molar-refractivity contribution in [3.63, 3.8) is 0 Å². The summed E-state index contributed by atoms with van der Waals surface area (Å²) in [5.41, 5.74) is 0.394. The van der Waals surface area contributed by atoms with E-state index in [1.54, 1.807) is 30.3 Å². The van der Waals surface area contributed by atoms with E-state index in [0.717, 1.165) is 6.92 Å². The minimum atomic E-state index is -1.43. The molecule has 0 saturated carbocycles. The van der Waals surface area contributed by atoms with Crippen LogP contribution >= 0.6 is 0 Å². The summed E-state index contributed by atoms with van der Waals surface area (Å²) in [6.45, 7) is 1.10. The molecule has 0 amide bonds. The van der Waals surface area contributed by atoms with Crippen molar-refractivity contribution in [2.45, 2.75) is 19.4 Å². The third kappa shape index (κ3) is 4.06. The molecule has 1 rings (SSSR count). The van der Waals surface area contributed by atoms with Gasteiger partial charge in [-0.2, -0.15) is 0 Å². The van der Waals surface area contributed by atoms with Gasteiger partial charge in [0.2, 0.25) is 6.10 Å². The van der Waals surface area contributed by atoms with E-state index in [-0.39, 0.29) is 12.2 Å². The number of carboxylic acids is 1. The highest BCUT2D eigenvalue weighted by molar-refractivity contribution is 5.98. The van der Waals surface area contributed by atoms with Gasteiger partial charge in [0.05, 0.1) is 6.42 Å². The van der Waals surface area contributed by atoms with Crippen LogP contribution < -0.4 is 0 Å². The van der Waals surface area contributed by atoms with Gasteiger partial charge in [0.15, 0.2) is 5.78 Å². The standard InChI is InChI=1S/C12H12O5/c1-8(13)17-11(12(15)16)7-10(14)9-5-3-2-4-6-9/h2-6,11H,7H2,1H3,(H,15,16). The Bertz CT molecular complexity index is 424. The predicted molar refractivity (Wildman–Crippen MR) is 58.6 cm³/mol. The largest absolute Gasteiger partial charge is 0.478 e. The lowest BCUT2D eigenvalue weighted by molar-refractivity contribution is -0.162. The highest BCUT2D eigenvalue weighted by atomic mass is 16.6. The van der Waals surface area contributed by atoms with Crippen LogP contribution in [0.3, 0.4) is 0 Å². The van der Waals surface area contributed by atoms with Crippen molar-refractivity contribution < 1.29 is 24.2 Å². The van der Waals surface area contributed by atoms with Gasteiger partial charge in [0.1, 0.15) is 0 Å². The third-order valence-corrected chi connectivity index (χ3v) is 2.05. The monoisotopic (exact) mass is 236 g/mol. The van der Waals surface area contributed by atoms with E-state index in [2.05, 4.69) is 4.74 Å². The van der Waals surface area contributed by atoms with Gasteiger partial charge in [0.25, 0.3) is 0 Å². The van der Waals surface area contributed by atoms with Gasteiger partial charge in [-0.05, 0) is 0 Å². The van der Waals surface area contributed by atoms with Crippen molar-refractivity contribution in [1.29, 1.82) is 0 Å². The number of carbonyl (C=O) groups excluding carboxylic acids is 2. The molecule has 0 aliphatic heterocycles. The second-order valence-corrected chi connectivity index (χ2v) is 3.43. The molecule has 1 N–H and O–H groups in total. The second kappa shape index (κ2) is 5.79. The Hall–Kier alpha value is -2.17. The van der Waals surface area contributed by atoms with Gasteiger partial charge in [-0.1, -0.05) is 30.3 Å². The number of aliphatic carboxylic acids is 1. The summed E-state index contributed by atoms with van der Waals surface area (Å²) in [6.07, 6.45) is -1.79. The van der Waals surface area contributed by atoms with E-state index >= 15 is 0 Å². The van der Waals surface area contributed by atoms with E-state index in [1.165, 1.54) is 0 Å². The number of benzene rings is 1. The maximum Gasteiger partial charge on any atom is 0.345 e. The molecule has 1 atom stereocenters.